The number of allylic oxidation sites excluding steroid dienone is 1. The number of thioether (sulfide) groups is 1. The SMILES string of the molecule is CC1=C(COc2ccc3oc(C)cc3c2)SCN1CCS(C)(=O)=O. The number of hydrogen-bond donors (Lipinski definition) is 0. The van der Waals surface area contributed by atoms with Gasteiger partial charge in [-0.3, -0.25) is 0 Å². The third kappa shape index (κ3) is 4.08. The second-order valence-corrected chi connectivity index (χ2v) is 9.32. The van der Waals surface area contributed by atoms with Gasteiger partial charge in [0, 0.05) is 28.8 Å². The van der Waals surface area contributed by atoms with E-state index in [1.165, 1.54) is 6.26 Å². The second kappa shape index (κ2) is 6.72. The molecule has 0 atom stereocenters. The molecule has 2 aromatic rings. The van der Waals surface area contributed by atoms with E-state index in [0.717, 1.165) is 39.0 Å². The van der Waals surface area contributed by atoms with Crippen LogP contribution in [0.5, 0.6) is 5.75 Å². The number of sulfone groups is 1. The molecule has 1 aromatic heterocycles. The van der Waals surface area contributed by atoms with Crippen LogP contribution in [-0.2, 0) is 9.84 Å². The van der Waals surface area contributed by atoms with E-state index in [2.05, 4.69) is 4.90 Å². The van der Waals surface area contributed by atoms with Crippen molar-refractivity contribution in [1.29, 1.82) is 0 Å². The Hall–Kier alpha value is -1.60. The van der Waals surface area contributed by atoms with E-state index < -0.39 is 9.84 Å². The van der Waals surface area contributed by atoms with E-state index in [4.69, 9.17) is 9.15 Å². The summed E-state index contributed by atoms with van der Waals surface area (Å²) in [5.74, 6) is 2.64. The molecule has 24 heavy (non-hydrogen) atoms. The van der Waals surface area contributed by atoms with Gasteiger partial charge in [-0.1, -0.05) is 0 Å². The predicted octanol–water partition coefficient (Wildman–Crippen LogP) is 3.40. The fourth-order valence-corrected chi connectivity index (χ4v) is 4.25. The highest BCUT2D eigenvalue weighted by atomic mass is 32.2. The number of rotatable bonds is 6. The maximum absolute atomic E-state index is 11.3. The average molecular weight is 367 g/mol. The van der Waals surface area contributed by atoms with Crippen LogP contribution in [0.15, 0.2) is 39.3 Å². The number of nitrogens with zero attached hydrogens (tertiary/aromatic N) is 1. The Morgan fingerprint density at radius 2 is 2.08 bits per heavy atom. The van der Waals surface area contributed by atoms with Gasteiger partial charge < -0.3 is 14.1 Å². The highest BCUT2D eigenvalue weighted by molar-refractivity contribution is 8.03. The number of aryl methyl sites for hydroxylation is 1. The lowest BCUT2D eigenvalue weighted by molar-refractivity contribution is 0.354. The summed E-state index contributed by atoms with van der Waals surface area (Å²) in [6.45, 7) is 4.97. The summed E-state index contributed by atoms with van der Waals surface area (Å²) in [4.78, 5) is 3.24. The molecule has 1 aliphatic heterocycles. The van der Waals surface area contributed by atoms with Crippen LogP contribution in [0, 0.1) is 6.92 Å². The van der Waals surface area contributed by atoms with E-state index in [1.54, 1.807) is 11.8 Å². The molecule has 0 unspecified atom stereocenters. The molecule has 3 rings (SSSR count). The van der Waals surface area contributed by atoms with Crippen molar-refractivity contribution in [2.24, 2.45) is 0 Å². The minimum absolute atomic E-state index is 0.176. The second-order valence-electron chi connectivity index (χ2n) is 6.02. The van der Waals surface area contributed by atoms with E-state index in [0.29, 0.717) is 13.2 Å². The van der Waals surface area contributed by atoms with E-state index in [1.807, 2.05) is 38.1 Å². The minimum atomic E-state index is -2.94. The zero-order chi connectivity index (χ0) is 17.3. The van der Waals surface area contributed by atoms with Gasteiger partial charge in [0.1, 0.15) is 33.5 Å². The summed E-state index contributed by atoms with van der Waals surface area (Å²) in [5.41, 5.74) is 1.96. The van der Waals surface area contributed by atoms with Crippen LogP contribution in [0.1, 0.15) is 12.7 Å². The van der Waals surface area contributed by atoms with Crippen LogP contribution in [-0.4, -0.2) is 44.4 Å². The Labute approximate surface area is 146 Å². The molecule has 7 heteroatoms. The highest BCUT2D eigenvalue weighted by Crippen LogP contribution is 2.32. The summed E-state index contributed by atoms with van der Waals surface area (Å²) in [6.07, 6.45) is 1.27. The molecular weight excluding hydrogens is 346 g/mol. The molecule has 1 aromatic carbocycles. The first kappa shape index (κ1) is 17.2. The van der Waals surface area contributed by atoms with Gasteiger partial charge in [0.15, 0.2) is 0 Å². The third-order valence-corrected chi connectivity index (χ3v) is 6.11. The number of ether oxygens (including phenoxy) is 1. The smallest absolute Gasteiger partial charge is 0.149 e. The van der Waals surface area contributed by atoms with Crippen molar-refractivity contribution >= 4 is 32.6 Å². The number of benzene rings is 1. The quantitative estimate of drug-likeness (QED) is 0.780. The fourth-order valence-electron chi connectivity index (χ4n) is 2.58. The summed E-state index contributed by atoms with van der Waals surface area (Å²) in [5, 5.41) is 1.03. The Bertz CT molecular complexity index is 883. The highest BCUT2D eigenvalue weighted by Gasteiger charge is 2.21. The van der Waals surface area contributed by atoms with Gasteiger partial charge in [0.2, 0.25) is 0 Å². The van der Waals surface area contributed by atoms with Gasteiger partial charge in [-0.25, -0.2) is 8.42 Å². The zero-order valence-corrected chi connectivity index (χ0v) is 15.7. The third-order valence-electron chi connectivity index (χ3n) is 3.99. The zero-order valence-electron chi connectivity index (χ0n) is 14.0. The van der Waals surface area contributed by atoms with E-state index >= 15 is 0 Å². The molecule has 0 saturated heterocycles. The summed E-state index contributed by atoms with van der Waals surface area (Å²) >= 11 is 1.70. The Morgan fingerprint density at radius 1 is 1.29 bits per heavy atom. The molecule has 0 saturated carbocycles. The lowest BCUT2D eigenvalue weighted by Crippen LogP contribution is -2.25. The maximum atomic E-state index is 11.3. The topological polar surface area (TPSA) is 59.8 Å². The van der Waals surface area contributed by atoms with Gasteiger partial charge in [0.05, 0.1) is 11.6 Å². The molecule has 130 valence electrons. The fraction of sp³-hybridized carbons (Fsp3) is 0.412. The number of fused-ring (bicyclic) bond motifs is 1. The normalized spacial score (nSPS) is 15.5. The van der Waals surface area contributed by atoms with Gasteiger partial charge >= 0.3 is 0 Å². The molecule has 0 aliphatic carbocycles. The largest absolute Gasteiger partial charge is 0.488 e. The van der Waals surface area contributed by atoms with Crippen LogP contribution in [0.4, 0.5) is 0 Å². The van der Waals surface area contributed by atoms with Gasteiger partial charge in [-0.15, -0.1) is 11.8 Å². The monoisotopic (exact) mass is 367 g/mol. The molecule has 2 heterocycles. The summed E-state index contributed by atoms with van der Waals surface area (Å²) < 4.78 is 34.1. The van der Waals surface area contributed by atoms with Crippen molar-refractivity contribution in [3.63, 3.8) is 0 Å². The predicted molar refractivity (Wildman–Crippen MR) is 98.0 cm³/mol. The Morgan fingerprint density at radius 3 is 2.83 bits per heavy atom. The van der Waals surface area contributed by atoms with Crippen molar-refractivity contribution in [1.82, 2.24) is 4.90 Å². The maximum Gasteiger partial charge on any atom is 0.149 e. The molecule has 0 spiro atoms. The summed E-state index contributed by atoms with van der Waals surface area (Å²) in [7, 11) is -2.94. The van der Waals surface area contributed by atoms with Crippen LogP contribution in [0.25, 0.3) is 11.0 Å². The van der Waals surface area contributed by atoms with Crippen molar-refractivity contribution in [2.45, 2.75) is 13.8 Å². The molecular formula is C17H21NO4S2. The van der Waals surface area contributed by atoms with Gasteiger partial charge in [0.25, 0.3) is 0 Å². The number of hydrogen-bond acceptors (Lipinski definition) is 6. The van der Waals surface area contributed by atoms with Crippen LogP contribution in [0.3, 0.4) is 0 Å². The standard InChI is InChI=1S/C17H21NO4S2/c1-12-8-14-9-15(4-5-16(14)22-12)21-10-17-13(2)18(11-23-17)6-7-24(3,19)20/h4-5,8-9H,6-7,10-11H2,1-3H3. The molecule has 1 aliphatic rings. The minimum Gasteiger partial charge on any atom is -0.488 e. The van der Waals surface area contributed by atoms with Crippen molar-refractivity contribution < 1.29 is 17.6 Å². The number of furan rings is 1. The van der Waals surface area contributed by atoms with Crippen LogP contribution in [0.2, 0.25) is 0 Å². The molecule has 0 radical (unpaired) electrons. The van der Waals surface area contributed by atoms with Crippen LogP contribution < -0.4 is 4.74 Å². The van der Waals surface area contributed by atoms with Crippen LogP contribution >= 0.6 is 11.8 Å². The van der Waals surface area contributed by atoms with E-state index in [-0.39, 0.29) is 5.75 Å². The molecule has 0 N–H and O–H groups in total. The average Bonchev–Trinajstić information content (AvgIpc) is 3.03. The molecule has 5 nitrogen and oxygen atoms in total. The molecule has 0 bridgehead atoms. The van der Waals surface area contributed by atoms with Crippen molar-refractivity contribution in [3.8, 4) is 5.75 Å². The summed E-state index contributed by atoms with van der Waals surface area (Å²) in [6, 6.07) is 7.79. The Balaban J connectivity index is 1.63. The van der Waals surface area contributed by atoms with Crippen molar-refractivity contribution in [3.05, 3.63) is 40.6 Å². The lowest BCUT2D eigenvalue weighted by atomic mass is 10.2. The molecule has 0 amide bonds. The van der Waals surface area contributed by atoms with Crippen molar-refractivity contribution in [2.75, 3.05) is 31.0 Å². The van der Waals surface area contributed by atoms with Gasteiger partial charge in [-0.05, 0) is 38.1 Å². The van der Waals surface area contributed by atoms with Gasteiger partial charge in [-0.2, -0.15) is 0 Å². The Kier molecular flexibility index (Phi) is 4.83. The van der Waals surface area contributed by atoms with E-state index in [9.17, 15) is 8.42 Å². The first-order valence-electron chi connectivity index (χ1n) is 7.70. The first-order chi connectivity index (χ1) is 11.3. The first-order valence-corrected chi connectivity index (χ1v) is 10.7. The molecule has 0 fully saturated rings. The lowest BCUT2D eigenvalue weighted by Gasteiger charge is -2.18.